The van der Waals surface area contributed by atoms with Crippen molar-refractivity contribution in [1.29, 1.82) is 0 Å². The molecule has 0 spiro atoms. The van der Waals surface area contributed by atoms with Gasteiger partial charge in [0.05, 0.1) is 0 Å². The third-order valence-corrected chi connectivity index (χ3v) is 1.52. The molecule has 0 saturated carbocycles. The molecule has 0 aromatic rings. The average molecular weight is 115 g/mol. The predicted molar refractivity (Wildman–Crippen MR) is 33.2 cm³/mol. The van der Waals surface area contributed by atoms with E-state index in [-0.39, 0.29) is 6.29 Å². The lowest BCUT2D eigenvalue weighted by Gasteiger charge is -2.29. The normalized spacial score (nSPS) is 33.0. The van der Waals surface area contributed by atoms with E-state index in [0.717, 1.165) is 13.1 Å². The molecule has 0 aliphatic carbocycles. The second kappa shape index (κ2) is 2.44. The summed E-state index contributed by atoms with van der Waals surface area (Å²) >= 11 is 0. The molecule has 3 nitrogen and oxygen atoms in total. The van der Waals surface area contributed by atoms with Crippen LogP contribution in [0.4, 0.5) is 0 Å². The summed E-state index contributed by atoms with van der Waals surface area (Å²) in [6.45, 7) is 2.18. The summed E-state index contributed by atoms with van der Waals surface area (Å²) in [6, 6.07) is 0. The van der Waals surface area contributed by atoms with E-state index in [4.69, 9.17) is 5.73 Å². The van der Waals surface area contributed by atoms with Crippen molar-refractivity contribution >= 4 is 0 Å². The standard InChI is InChI=1S/C5H13N3/c1-8-4-2-3-7-5(8)6/h5,7H,2-4,6H2,1H3. The van der Waals surface area contributed by atoms with Crippen LogP contribution in [0.1, 0.15) is 6.42 Å². The summed E-state index contributed by atoms with van der Waals surface area (Å²) < 4.78 is 0. The van der Waals surface area contributed by atoms with E-state index < -0.39 is 0 Å². The highest BCUT2D eigenvalue weighted by atomic mass is 15.3. The lowest BCUT2D eigenvalue weighted by molar-refractivity contribution is 0.171. The average Bonchev–Trinajstić information content (AvgIpc) is 1.77. The van der Waals surface area contributed by atoms with Crippen LogP contribution in [0.3, 0.4) is 0 Å². The fourth-order valence-electron chi connectivity index (χ4n) is 0.873. The van der Waals surface area contributed by atoms with Gasteiger partial charge in [0.15, 0.2) is 0 Å². The van der Waals surface area contributed by atoms with E-state index in [1.54, 1.807) is 0 Å². The van der Waals surface area contributed by atoms with Crippen molar-refractivity contribution in [2.75, 3.05) is 20.1 Å². The molecule has 0 radical (unpaired) electrons. The molecule has 48 valence electrons. The highest BCUT2D eigenvalue weighted by Gasteiger charge is 2.11. The van der Waals surface area contributed by atoms with E-state index >= 15 is 0 Å². The van der Waals surface area contributed by atoms with Gasteiger partial charge in [0.2, 0.25) is 0 Å². The first kappa shape index (κ1) is 6.01. The van der Waals surface area contributed by atoms with Crippen LogP contribution in [-0.4, -0.2) is 31.3 Å². The molecule has 3 heteroatoms. The molecule has 0 aromatic heterocycles. The Labute approximate surface area is 49.8 Å². The molecule has 1 unspecified atom stereocenters. The van der Waals surface area contributed by atoms with Gasteiger partial charge in [0.1, 0.15) is 6.29 Å². The number of hydrogen-bond donors (Lipinski definition) is 2. The highest BCUT2D eigenvalue weighted by Crippen LogP contribution is 1.93. The minimum atomic E-state index is 0.0868. The zero-order valence-corrected chi connectivity index (χ0v) is 5.22. The maximum Gasteiger partial charge on any atom is 0.111 e. The lowest BCUT2D eigenvalue weighted by Crippen LogP contribution is -2.54. The van der Waals surface area contributed by atoms with Crippen LogP contribution in [0.2, 0.25) is 0 Å². The Hall–Kier alpha value is -0.120. The van der Waals surface area contributed by atoms with Crippen molar-refractivity contribution in [3.63, 3.8) is 0 Å². The Morgan fingerprint density at radius 3 is 2.88 bits per heavy atom. The van der Waals surface area contributed by atoms with Gasteiger partial charge in [-0.15, -0.1) is 0 Å². The Bertz CT molecular complexity index is 64.1. The fraction of sp³-hybridized carbons (Fsp3) is 1.00. The maximum atomic E-state index is 5.59. The molecule has 1 saturated heterocycles. The second-order valence-electron chi connectivity index (χ2n) is 2.23. The zero-order chi connectivity index (χ0) is 5.98. The van der Waals surface area contributed by atoms with Crippen molar-refractivity contribution in [2.24, 2.45) is 5.73 Å². The van der Waals surface area contributed by atoms with Crippen molar-refractivity contribution in [2.45, 2.75) is 12.7 Å². The Morgan fingerprint density at radius 2 is 2.50 bits per heavy atom. The summed E-state index contributed by atoms with van der Waals surface area (Å²) in [5, 5.41) is 3.14. The molecule has 0 amide bonds. The molecule has 1 fully saturated rings. The molecule has 1 aliphatic rings. The van der Waals surface area contributed by atoms with Crippen LogP contribution in [0.25, 0.3) is 0 Å². The largest absolute Gasteiger partial charge is 0.303 e. The third-order valence-electron chi connectivity index (χ3n) is 1.52. The quantitative estimate of drug-likeness (QED) is 0.432. The van der Waals surface area contributed by atoms with Gasteiger partial charge in [0.25, 0.3) is 0 Å². The third kappa shape index (κ3) is 1.18. The summed E-state index contributed by atoms with van der Waals surface area (Å²) in [5.74, 6) is 0. The molecule has 1 heterocycles. The van der Waals surface area contributed by atoms with Crippen LogP contribution in [0, 0.1) is 0 Å². The summed E-state index contributed by atoms with van der Waals surface area (Å²) in [4.78, 5) is 2.10. The number of hydrogen-bond acceptors (Lipinski definition) is 3. The predicted octanol–water partition coefficient (Wildman–Crippen LogP) is -0.846. The SMILES string of the molecule is CN1CCCNC1N. The van der Waals surface area contributed by atoms with Gasteiger partial charge in [-0.3, -0.25) is 10.2 Å². The van der Waals surface area contributed by atoms with E-state index in [0.29, 0.717) is 0 Å². The van der Waals surface area contributed by atoms with Gasteiger partial charge in [-0.2, -0.15) is 0 Å². The van der Waals surface area contributed by atoms with Gasteiger partial charge in [0, 0.05) is 6.54 Å². The molecule has 1 rings (SSSR count). The molecular weight excluding hydrogens is 102 g/mol. The summed E-state index contributed by atoms with van der Waals surface area (Å²) in [6.07, 6.45) is 1.30. The smallest absolute Gasteiger partial charge is 0.111 e. The van der Waals surface area contributed by atoms with Gasteiger partial charge < -0.3 is 5.73 Å². The molecule has 0 aromatic carbocycles. The first-order chi connectivity index (χ1) is 3.80. The van der Waals surface area contributed by atoms with Crippen LogP contribution < -0.4 is 11.1 Å². The number of nitrogens with two attached hydrogens (primary N) is 1. The Kier molecular flexibility index (Phi) is 1.83. The molecular formula is C5H13N3. The van der Waals surface area contributed by atoms with E-state index in [1.807, 2.05) is 7.05 Å². The minimum Gasteiger partial charge on any atom is -0.303 e. The van der Waals surface area contributed by atoms with Gasteiger partial charge in [-0.05, 0) is 20.0 Å². The maximum absolute atomic E-state index is 5.59. The lowest BCUT2D eigenvalue weighted by atomic mass is 10.3. The Morgan fingerprint density at radius 1 is 1.75 bits per heavy atom. The molecule has 1 atom stereocenters. The first-order valence-corrected chi connectivity index (χ1v) is 3.00. The molecule has 1 aliphatic heterocycles. The van der Waals surface area contributed by atoms with Crippen LogP contribution >= 0.6 is 0 Å². The van der Waals surface area contributed by atoms with Crippen molar-refractivity contribution < 1.29 is 0 Å². The Balaban J connectivity index is 2.28. The monoisotopic (exact) mass is 115 g/mol. The number of rotatable bonds is 0. The first-order valence-electron chi connectivity index (χ1n) is 3.00. The molecule has 8 heavy (non-hydrogen) atoms. The molecule has 0 bridgehead atoms. The van der Waals surface area contributed by atoms with Crippen molar-refractivity contribution in [1.82, 2.24) is 10.2 Å². The minimum absolute atomic E-state index is 0.0868. The zero-order valence-electron chi connectivity index (χ0n) is 5.22. The number of nitrogens with one attached hydrogen (secondary N) is 1. The van der Waals surface area contributed by atoms with Crippen LogP contribution in [-0.2, 0) is 0 Å². The topological polar surface area (TPSA) is 41.3 Å². The van der Waals surface area contributed by atoms with Crippen LogP contribution in [0.5, 0.6) is 0 Å². The fourth-order valence-corrected chi connectivity index (χ4v) is 0.873. The molecule has 3 N–H and O–H groups in total. The highest BCUT2D eigenvalue weighted by molar-refractivity contribution is 4.65. The van der Waals surface area contributed by atoms with E-state index in [9.17, 15) is 0 Å². The van der Waals surface area contributed by atoms with Crippen LogP contribution in [0.15, 0.2) is 0 Å². The van der Waals surface area contributed by atoms with Crippen molar-refractivity contribution in [3.05, 3.63) is 0 Å². The van der Waals surface area contributed by atoms with Gasteiger partial charge in [-0.1, -0.05) is 0 Å². The summed E-state index contributed by atoms with van der Waals surface area (Å²) in [7, 11) is 2.02. The second-order valence-corrected chi connectivity index (χ2v) is 2.23. The number of nitrogens with zero attached hydrogens (tertiary/aromatic N) is 1. The van der Waals surface area contributed by atoms with Gasteiger partial charge >= 0.3 is 0 Å². The van der Waals surface area contributed by atoms with E-state index in [1.165, 1.54) is 6.42 Å². The van der Waals surface area contributed by atoms with Gasteiger partial charge in [-0.25, -0.2) is 0 Å². The van der Waals surface area contributed by atoms with E-state index in [2.05, 4.69) is 10.2 Å². The summed E-state index contributed by atoms with van der Waals surface area (Å²) in [5.41, 5.74) is 5.59. The van der Waals surface area contributed by atoms with Crippen molar-refractivity contribution in [3.8, 4) is 0 Å².